The Morgan fingerprint density at radius 3 is 2.20 bits per heavy atom. The minimum atomic E-state index is -3.21. The average molecular weight is 328 g/mol. The Labute approximate surface area is 127 Å². The van der Waals surface area contributed by atoms with E-state index >= 15 is 0 Å². The fourth-order valence-corrected chi connectivity index (χ4v) is 2.58. The normalized spacial score (nSPS) is 12.4. The Bertz CT molecular complexity index is 753. The molecule has 0 unspecified atom stereocenters. The first-order chi connectivity index (χ1) is 9.38. The molecule has 0 amide bonds. The zero-order valence-corrected chi connectivity index (χ0v) is 12.9. The number of hydrogen-bond acceptors (Lipinski definition) is 3. The molecule has 2 aromatic rings. The molecule has 0 saturated heterocycles. The summed E-state index contributed by atoms with van der Waals surface area (Å²) in [7, 11) is -3.21. The molecule has 0 heterocycles. The van der Waals surface area contributed by atoms with Crippen molar-refractivity contribution in [1.82, 2.24) is 0 Å². The summed E-state index contributed by atoms with van der Waals surface area (Å²) < 4.78 is 22.7. The standard InChI is InChI=1S/C14H11Cl2NO2S/c1-20(18,19)11-8-6-10(7-9-11)14(16)17-13-5-3-2-4-12(13)15/h2-9H,1H3/b17-14-. The van der Waals surface area contributed by atoms with Gasteiger partial charge in [0.25, 0.3) is 0 Å². The monoisotopic (exact) mass is 327 g/mol. The van der Waals surface area contributed by atoms with Gasteiger partial charge in [0.15, 0.2) is 9.84 Å². The Kier molecular flexibility index (Phi) is 4.48. The van der Waals surface area contributed by atoms with Crippen molar-refractivity contribution in [3.8, 4) is 0 Å². The van der Waals surface area contributed by atoms with E-state index in [4.69, 9.17) is 23.2 Å². The van der Waals surface area contributed by atoms with E-state index in [-0.39, 0.29) is 10.1 Å². The van der Waals surface area contributed by atoms with E-state index in [9.17, 15) is 8.42 Å². The van der Waals surface area contributed by atoms with E-state index in [1.165, 1.54) is 12.1 Å². The Hall–Kier alpha value is -1.36. The maximum absolute atomic E-state index is 11.4. The number of hydrogen-bond donors (Lipinski definition) is 0. The van der Waals surface area contributed by atoms with E-state index < -0.39 is 9.84 Å². The topological polar surface area (TPSA) is 46.5 Å². The van der Waals surface area contributed by atoms with E-state index in [0.29, 0.717) is 16.3 Å². The van der Waals surface area contributed by atoms with Crippen molar-refractivity contribution in [2.45, 2.75) is 4.90 Å². The maximum Gasteiger partial charge on any atom is 0.175 e. The molecule has 0 spiro atoms. The fraction of sp³-hybridized carbons (Fsp3) is 0.0714. The van der Waals surface area contributed by atoms with Crippen LogP contribution in [0.3, 0.4) is 0 Å². The highest BCUT2D eigenvalue weighted by molar-refractivity contribution is 7.90. The van der Waals surface area contributed by atoms with E-state index in [1.807, 2.05) is 6.07 Å². The van der Waals surface area contributed by atoms with Crippen LogP contribution in [0.4, 0.5) is 5.69 Å². The molecule has 0 atom stereocenters. The molecule has 0 saturated carbocycles. The van der Waals surface area contributed by atoms with Crippen LogP contribution in [0.5, 0.6) is 0 Å². The number of benzene rings is 2. The van der Waals surface area contributed by atoms with Gasteiger partial charge in [-0.1, -0.05) is 47.5 Å². The number of para-hydroxylation sites is 1. The van der Waals surface area contributed by atoms with Crippen molar-refractivity contribution in [2.24, 2.45) is 4.99 Å². The highest BCUT2D eigenvalue weighted by Crippen LogP contribution is 2.25. The molecule has 0 bridgehead atoms. The predicted molar refractivity (Wildman–Crippen MR) is 83.1 cm³/mol. The summed E-state index contributed by atoms with van der Waals surface area (Å²) in [6, 6.07) is 13.3. The van der Waals surface area contributed by atoms with Gasteiger partial charge in [-0.2, -0.15) is 0 Å². The van der Waals surface area contributed by atoms with E-state index in [0.717, 1.165) is 6.26 Å². The van der Waals surface area contributed by atoms with Gasteiger partial charge in [-0.3, -0.25) is 0 Å². The molecule has 0 aromatic heterocycles. The van der Waals surface area contributed by atoms with Crippen molar-refractivity contribution in [1.29, 1.82) is 0 Å². The van der Waals surface area contributed by atoms with Gasteiger partial charge in [-0.15, -0.1) is 0 Å². The molecule has 0 aliphatic rings. The zero-order chi connectivity index (χ0) is 14.8. The lowest BCUT2D eigenvalue weighted by Gasteiger charge is -2.02. The van der Waals surface area contributed by atoms with E-state index in [1.54, 1.807) is 30.3 Å². The minimum Gasteiger partial charge on any atom is -0.235 e. The fourth-order valence-electron chi connectivity index (χ4n) is 1.55. The smallest absolute Gasteiger partial charge is 0.175 e. The van der Waals surface area contributed by atoms with Crippen LogP contribution in [0.1, 0.15) is 5.56 Å². The summed E-state index contributed by atoms with van der Waals surface area (Å²) in [6.07, 6.45) is 1.15. The van der Waals surface area contributed by atoms with E-state index in [2.05, 4.69) is 4.99 Å². The second-order valence-corrected chi connectivity index (χ2v) is 6.93. The third-order valence-corrected chi connectivity index (χ3v) is 4.34. The lowest BCUT2D eigenvalue weighted by Crippen LogP contribution is -1.98. The van der Waals surface area contributed by atoms with Crippen molar-refractivity contribution in [2.75, 3.05) is 6.26 Å². The highest BCUT2D eigenvalue weighted by atomic mass is 35.5. The van der Waals surface area contributed by atoms with Gasteiger partial charge in [-0.25, -0.2) is 13.4 Å². The molecule has 2 rings (SSSR count). The van der Waals surface area contributed by atoms with Gasteiger partial charge in [0.05, 0.1) is 15.6 Å². The summed E-state index contributed by atoms with van der Waals surface area (Å²) in [5.74, 6) is 0. The maximum atomic E-state index is 11.4. The lowest BCUT2D eigenvalue weighted by atomic mass is 10.2. The summed E-state index contributed by atoms with van der Waals surface area (Å²) in [4.78, 5) is 4.46. The van der Waals surface area contributed by atoms with Crippen LogP contribution < -0.4 is 0 Å². The third kappa shape index (κ3) is 3.60. The second kappa shape index (κ2) is 5.95. The summed E-state index contributed by atoms with van der Waals surface area (Å²) in [5.41, 5.74) is 1.19. The van der Waals surface area contributed by atoms with Gasteiger partial charge < -0.3 is 0 Å². The molecule has 6 heteroatoms. The zero-order valence-electron chi connectivity index (χ0n) is 10.5. The number of nitrogens with zero attached hydrogens (tertiary/aromatic N) is 1. The van der Waals surface area contributed by atoms with Gasteiger partial charge in [0.2, 0.25) is 0 Å². The van der Waals surface area contributed by atoms with Crippen LogP contribution in [0.25, 0.3) is 0 Å². The molecule has 0 aliphatic carbocycles. The third-order valence-electron chi connectivity index (χ3n) is 2.59. The Morgan fingerprint density at radius 1 is 1.05 bits per heavy atom. The number of halogens is 2. The van der Waals surface area contributed by atoms with Crippen molar-refractivity contribution in [3.63, 3.8) is 0 Å². The van der Waals surface area contributed by atoms with Crippen molar-refractivity contribution in [3.05, 3.63) is 59.1 Å². The summed E-state index contributed by atoms with van der Waals surface area (Å²) >= 11 is 12.1. The van der Waals surface area contributed by atoms with Crippen LogP contribution in [-0.4, -0.2) is 19.8 Å². The van der Waals surface area contributed by atoms with Gasteiger partial charge in [0.1, 0.15) is 5.17 Å². The van der Waals surface area contributed by atoms with Crippen LogP contribution in [0, 0.1) is 0 Å². The van der Waals surface area contributed by atoms with Gasteiger partial charge in [-0.05, 0) is 24.3 Å². The molecule has 0 fully saturated rings. The number of rotatable bonds is 3. The largest absolute Gasteiger partial charge is 0.235 e. The first kappa shape index (κ1) is 15.0. The Morgan fingerprint density at radius 2 is 1.65 bits per heavy atom. The molecular weight excluding hydrogens is 317 g/mol. The molecule has 2 aromatic carbocycles. The lowest BCUT2D eigenvalue weighted by molar-refractivity contribution is 0.602. The van der Waals surface area contributed by atoms with Crippen molar-refractivity contribution < 1.29 is 8.42 Å². The molecule has 104 valence electrons. The van der Waals surface area contributed by atoms with Gasteiger partial charge >= 0.3 is 0 Å². The second-order valence-electron chi connectivity index (χ2n) is 4.15. The Balaban J connectivity index is 2.35. The molecular formula is C14H11Cl2NO2S. The minimum absolute atomic E-state index is 0.239. The molecule has 0 aliphatic heterocycles. The highest BCUT2D eigenvalue weighted by Gasteiger charge is 2.08. The predicted octanol–water partition coefficient (Wildman–Crippen LogP) is 4.06. The molecule has 0 radical (unpaired) electrons. The van der Waals surface area contributed by atoms with Gasteiger partial charge in [0, 0.05) is 11.8 Å². The average Bonchev–Trinajstić information content (AvgIpc) is 2.40. The quantitative estimate of drug-likeness (QED) is 0.798. The van der Waals surface area contributed by atoms with Crippen LogP contribution in [0.15, 0.2) is 58.4 Å². The van der Waals surface area contributed by atoms with Crippen LogP contribution >= 0.6 is 23.2 Å². The SMILES string of the molecule is CS(=O)(=O)c1ccc(/C(Cl)=N/c2ccccc2Cl)cc1. The van der Waals surface area contributed by atoms with Crippen LogP contribution in [0.2, 0.25) is 5.02 Å². The molecule has 0 N–H and O–H groups in total. The summed E-state index contributed by atoms with van der Waals surface area (Å²) in [6.45, 7) is 0. The summed E-state index contributed by atoms with van der Waals surface area (Å²) in [5, 5.41) is 0.747. The molecule has 3 nitrogen and oxygen atoms in total. The number of aliphatic imine (C=N–C) groups is 1. The first-order valence-corrected chi connectivity index (χ1v) is 8.32. The first-order valence-electron chi connectivity index (χ1n) is 5.67. The van der Waals surface area contributed by atoms with Crippen LogP contribution in [-0.2, 0) is 9.84 Å². The molecule has 20 heavy (non-hydrogen) atoms. The van der Waals surface area contributed by atoms with Crippen molar-refractivity contribution >= 4 is 43.9 Å². The number of sulfone groups is 1.